The summed E-state index contributed by atoms with van der Waals surface area (Å²) in [6, 6.07) is 5.52. The van der Waals surface area contributed by atoms with Crippen LogP contribution in [0.3, 0.4) is 0 Å². The highest BCUT2D eigenvalue weighted by Crippen LogP contribution is 2.34. The maximum absolute atomic E-state index is 10.3. The van der Waals surface area contributed by atoms with E-state index in [9.17, 15) is 5.11 Å². The lowest BCUT2D eigenvalue weighted by atomic mass is 9.92. The summed E-state index contributed by atoms with van der Waals surface area (Å²) in [6.07, 6.45) is 6.15. The average Bonchev–Trinajstić information content (AvgIpc) is 2.29. The van der Waals surface area contributed by atoms with Gasteiger partial charge in [-0.25, -0.2) is 0 Å². The highest BCUT2D eigenvalue weighted by Gasteiger charge is 2.17. The summed E-state index contributed by atoms with van der Waals surface area (Å²) in [5.41, 5.74) is 2.03. The van der Waals surface area contributed by atoms with E-state index in [0.717, 1.165) is 28.5 Å². The molecule has 16 heavy (non-hydrogen) atoms. The molecule has 0 fully saturated rings. The quantitative estimate of drug-likeness (QED) is 0.789. The molecule has 0 saturated carbocycles. The normalized spacial score (nSPS) is 18.1. The fraction of sp³-hybridized carbons (Fsp3) is 0.385. The predicted molar refractivity (Wildman–Crippen MR) is 70.7 cm³/mol. The van der Waals surface area contributed by atoms with E-state index >= 15 is 0 Å². The van der Waals surface area contributed by atoms with Crippen molar-refractivity contribution >= 4 is 27.5 Å². The Kier molecular flexibility index (Phi) is 4.06. The Bertz CT molecular complexity index is 414. The molecule has 1 nitrogen and oxygen atoms in total. The second-order valence-electron chi connectivity index (χ2n) is 4.09. The Morgan fingerprint density at radius 2 is 2.12 bits per heavy atom. The van der Waals surface area contributed by atoms with Gasteiger partial charge in [-0.2, -0.15) is 0 Å². The van der Waals surface area contributed by atoms with E-state index in [1.165, 1.54) is 12.8 Å². The number of aliphatic hydroxyl groups excluding tert-OH is 1. The van der Waals surface area contributed by atoms with Crippen molar-refractivity contribution in [1.29, 1.82) is 0 Å². The van der Waals surface area contributed by atoms with Crippen molar-refractivity contribution < 1.29 is 5.11 Å². The maximum atomic E-state index is 10.3. The van der Waals surface area contributed by atoms with Crippen molar-refractivity contribution in [2.24, 2.45) is 0 Å². The van der Waals surface area contributed by atoms with Crippen LogP contribution in [0.4, 0.5) is 0 Å². The molecule has 1 atom stereocenters. The molecule has 0 heterocycles. The summed E-state index contributed by atoms with van der Waals surface area (Å²) in [4.78, 5) is 0. The van der Waals surface area contributed by atoms with Crippen LogP contribution in [0, 0.1) is 0 Å². The molecular formula is C13H14BrClO. The number of hydrogen-bond donors (Lipinski definition) is 1. The summed E-state index contributed by atoms with van der Waals surface area (Å²) in [7, 11) is 0. The van der Waals surface area contributed by atoms with Crippen LogP contribution in [0.15, 0.2) is 34.3 Å². The number of aliphatic hydroxyl groups is 1. The van der Waals surface area contributed by atoms with Gasteiger partial charge in [-0.15, -0.1) is 0 Å². The first-order valence-electron chi connectivity index (χ1n) is 5.50. The van der Waals surface area contributed by atoms with E-state index in [0.29, 0.717) is 5.02 Å². The molecule has 0 amide bonds. The lowest BCUT2D eigenvalue weighted by Gasteiger charge is -2.20. The molecule has 86 valence electrons. The monoisotopic (exact) mass is 300 g/mol. The molecular weight excluding hydrogens is 287 g/mol. The van der Waals surface area contributed by atoms with Gasteiger partial charge >= 0.3 is 0 Å². The molecule has 0 radical (unpaired) electrons. The van der Waals surface area contributed by atoms with Gasteiger partial charge in [0.15, 0.2) is 0 Å². The Morgan fingerprint density at radius 3 is 2.75 bits per heavy atom. The SMILES string of the molecule is OC(C1=CCCCC1)c1ccc(Cl)cc1Br. The van der Waals surface area contributed by atoms with Gasteiger partial charge < -0.3 is 5.11 Å². The number of hydrogen-bond acceptors (Lipinski definition) is 1. The van der Waals surface area contributed by atoms with Gasteiger partial charge in [-0.05, 0) is 49.0 Å². The number of benzene rings is 1. The van der Waals surface area contributed by atoms with E-state index < -0.39 is 6.10 Å². The van der Waals surface area contributed by atoms with Crippen molar-refractivity contribution in [2.45, 2.75) is 31.8 Å². The summed E-state index contributed by atoms with van der Waals surface area (Å²) in [6.45, 7) is 0. The fourth-order valence-corrected chi connectivity index (χ4v) is 2.93. The second kappa shape index (κ2) is 5.35. The van der Waals surface area contributed by atoms with Crippen LogP contribution in [0.2, 0.25) is 5.02 Å². The van der Waals surface area contributed by atoms with Crippen LogP contribution >= 0.6 is 27.5 Å². The molecule has 0 aliphatic heterocycles. The van der Waals surface area contributed by atoms with Crippen LogP contribution in [0.1, 0.15) is 37.4 Å². The van der Waals surface area contributed by atoms with Gasteiger partial charge in [0.1, 0.15) is 6.10 Å². The van der Waals surface area contributed by atoms with Crippen LogP contribution in [-0.4, -0.2) is 5.11 Å². The maximum Gasteiger partial charge on any atom is 0.101 e. The zero-order valence-corrected chi connectivity index (χ0v) is 11.3. The molecule has 0 bridgehead atoms. The highest BCUT2D eigenvalue weighted by atomic mass is 79.9. The van der Waals surface area contributed by atoms with Crippen molar-refractivity contribution in [3.8, 4) is 0 Å². The molecule has 1 aromatic rings. The third kappa shape index (κ3) is 2.68. The summed E-state index contributed by atoms with van der Waals surface area (Å²) < 4.78 is 0.874. The molecule has 1 aliphatic rings. The number of halogens is 2. The topological polar surface area (TPSA) is 20.2 Å². The van der Waals surface area contributed by atoms with Gasteiger partial charge in [0.25, 0.3) is 0 Å². The van der Waals surface area contributed by atoms with Crippen molar-refractivity contribution in [1.82, 2.24) is 0 Å². The largest absolute Gasteiger partial charge is 0.384 e. The smallest absolute Gasteiger partial charge is 0.101 e. The minimum Gasteiger partial charge on any atom is -0.384 e. The van der Waals surface area contributed by atoms with Gasteiger partial charge in [-0.3, -0.25) is 0 Å². The van der Waals surface area contributed by atoms with Gasteiger partial charge in [0.2, 0.25) is 0 Å². The Hall–Kier alpha value is -0.310. The molecule has 1 aliphatic carbocycles. The first-order valence-corrected chi connectivity index (χ1v) is 6.67. The predicted octanol–water partition coefficient (Wildman–Crippen LogP) is 4.64. The van der Waals surface area contributed by atoms with Gasteiger partial charge in [-0.1, -0.05) is 39.7 Å². The summed E-state index contributed by atoms with van der Waals surface area (Å²) >= 11 is 9.32. The summed E-state index contributed by atoms with van der Waals surface area (Å²) in [5, 5.41) is 11.0. The minimum atomic E-state index is -0.494. The van der Waals surface area contributed by atoms with Crippen LogP contribution in [0.25, 0.3) is 0 Å². The van der Waals surface area contributed by atoms with E-state index in [4.69, 9.17) is 11.6 Å². The lowest BCUT2D eigenvalue weighted by molar-refractivity contribution is 0.207. The molecule has 0 spiro atoms. The van der Waals surface area contributed by atoms with Crippen LogP contribution in [0.5, 0.6) is 0 Å². The van der Waals surface area contributed by atoms with E-state index in [1.807, 2.05) is 18.2 Å². The van der Waals surface area contributed by atoms with E-state index in [2.05, 4.69) is 22.0 Å². The first-order chi connectivity index (χ1) is 7.68. The third-order valence-corrected chi connectivity index (χ3v) is 3.86. The van der Waals surface area contributed by atoms with Crippen molar-refractivity contribution in [3.63, 3.8) is 0 Å². The van der Waals surface area contributed by atoms with Crippen molar-refractivity contribution in [2.75, 3.05) is 0 Å². The Balaban J connectivity index is 2.26. The van der Waals surface area contributed by atoms with Crippen LogP contribution < -0.4 is 0 Å². The fourth-order valence-electron chi connectivity index (χ4n) is 2.03. The zero-order valence-electron chi connectivity index (χ0n) is 8.92. The molecule has 2 rings (SSSR count). The van der Waals surface area contributed by atoms with Crippen LogP contribution in [-0.2, 0) is 0 Å². The molecule has 1 unspecified atom stereocenters. The van der Waals surface area contributed by atoms with Gasteiger partial charge in [0, 0.05) is 9.50 Å². The van der Waals surface area contributed by atoms with Crippen molar-refractivity contribution in [3.05, 3.63) is 44.9 Å². The minimum absolute atomic E-state index is 0.494. The zero-order chi connectivity index (χ0) is 11.5. The highest BCUT2D eigenvalue weighted by molar-refractivity contribution is 9.10. The molecule has 1 aromatic carbocycles. The molecule has 0 aromatic heterocycles. The average molecular weight is 302 g/mol. The second-order valence-corrected chi connectivity index (χ2v) is 5.38. The van der Waals surface area contributed by atoms with E-state index in [1.54, 1.807) is 0 Å². The number of allylic oxidation sites excluding steroid dienone is 1. The standard InChI is InChI=1S/C13H14BrClO/c14-12-8-10(15)6-7-11(12)13(16)9-4-2-1-3-5-9/h4,6-8,13,16H,1-3,5H2. The first kappa shape index (κ1) is 12.2. The number of rotatable bonds is 2. The molecule has 0 saturated heterocycles. The lowest BCUT2D eigenvalue weighted by Crippen LogP contribution is -2.05. The van der Waals surface area contributed by atoms with E-state index in [-0.39, 0.29) is 0 Å². The third-order valence-electron chi connectivity index (χ3n) is 2.93. The molecule has 3 heteroatoms. The summed E-state index contributed by atoms with van der Waals surface area (Å²) in [5.74, 6) is 0. The van der Waals surface area contributed by atoms with Gasteiger partial charge in [0.05, 0.1) is 0 Å². The Morgan fingerprint density at radius 1 is 1.31 bits per heavy atom. The Labute approximate surface area is 109 Å². The molecule has 1 N–H and O–H groups in total.